The molecule has 326 valence electrons. The molecule has 0 amide bonds. The molecule has 0 atom stereocenters. The van der Waals surface area contributed by atoms with Crippen LogP contribution in [0.1, 0.15) is 0 Å². The molecule has 0 spiro atoms. The highest BCUT2D eigenvalue weighted by Gasteiger charge is 2.24. The monoisotopic (exact) mass is 892 g/mol. The first kappa shape index (κ1) is 38.7. The van der Waals surface area contributed by atoms with Crippen LogP contribution in [0.3, 0.4) is 0 Å². The van der Waals surface area contributed by atoms with Gasteiger partial charge in [0.15, 0.2) is 0 Å². The van der Waals surface area contributed by atoms with Crippen molar-refractivity contribution in [2.24, 2.45) is 0 Å². The Hall–Kier alpha value is -9.38. The molecule has 15 rings (SSSR count). The van der Waals surface area contributed by atoms with Crippen molar-refractivity contribution in [1.82, 2.24) is 0 Å². The standard InChI is InChI=1S/C66H40N2O2/c1-3-17-45(18-4-1)67(47-31-33-51-43(35-47)29-27-41-15-7-9-21-49(41)51)59-38-63-65(55-25-13-11-23-53(55)59)57-37-58-62(40-61(57)69-63)70-64-39-60(54-24-12-14-26-56(54)66(58)64)68(46-19-5-2-6-20-46)48-32-34-52-44(36-48)30-28-42-16-8-10-22-50(42)52/h1-40H. The molecule has 13 aromatic carbocycles. The Bertz CT molecular complexity index is 4320. The smallest absolute Gasteiger partial charge is 0.139 e. The number of benzene rings is 13. The van der Waals surface area contributed by atoms with E-state index in [0.717, 1.165) is 99.5 Å². The van der Waals surface area contributed by atoms with Gasteiger partial charge in [0, 0.05) is 73.3 Å². The Morgan fingerprint density at radius 2 is 0.586 bits per heavy atom. The van der Waals surface area contributed by atoms with Crippen LogP contribution in [0.4, 0.5) is 34.1 Å². The molecule has 4 heteroatoms. The van der Waals surface area contributed by atoms with Crippen LogP contribution in [0.5, 0.6) is 0 Å². The molecule has 15 aromatic rings. The largest absolute Gasteiger partial charge is 0.456 e. The molecule has 0 fully saturated rings. The van der Waals surface area contributed by atoms with Crippen LogP contribution in [-0.4, -0.2) is 0 Å². The summed E-state index contributed by atoms with van der Waals surface area (Å²) in [6.07, 6.45) is 0. The minimum atomic E-state index is 0.784. The molecule has 2 heterocycles. The predicted molar refractivity (Wildman–Crippen MR) is 295 cm³/mol. The van der Waals surface area contributed by atoms with E-state index < -0.39 is 0 Å². The maximum absolute atomic E-state index is 6.98. The Labute approximate surface area is 402 Å². The van der Waals surface area contributed by atoms with Gasteiger partial charge >= 0.3 is 0 Å². The van der Waals surface area contributed by atoms with Crippen LogP contribution in [0.15, 0.2) is 251 Å². The Balaban J connectivity index is 0.929. The predicted octanol–water partition coefficient (Wildman–Crippen LogP) is 19.3. The Morgan fingerprint density at radius 1 is 0.214 bits per heavy atom. The van der Waals surface area contributed by atoms with Gasteiger partial charge in [-0.25, -0.2) is 0 Å². The van der Waals surface area contributed by atoms with Gasteiger partial charge in [-0.2, -0.15) is 0 Å². The molecule has 0 unspecified atom stereocenters. The van der Waals surface area contributed by atoms with Crippen molar-refractivity contribution in [3.8, 4) is 0 Å². The van der Waals surface area contributed by atoms with Gasteiger partial charge in [-0.15, -0.1) is 0 Å². The van der Waals surface area contributed by atoms with E-state index in [1.54, 1.807) is 0 Å². The van der Waals surface area contributed by atoms with E-state index in [9.17, 15) is 0 Å². The first-order chi connectivity index (χ1) is 34.7. The van der Waals surface area contributed by atoms with E-state index in [1.165, 1.54) is 43.1 Å². The SMILES string of the molecule is c1ccc(N(c2ccc3c(ccc4ccccc43)c2)c2cc3oc4cc5oc6cc(N(c7ccccc7)c7ccc8c(ccc9ccccc98)c7)c7ccccc7c6c5cc4c3c3ccccc23)cc1. The van der Waals surface area contributed by atoms with Crippen LogP contribution in [0.2, 0.25) is 0 Å². The fraction of sp³-hybridized carbons (Fsp3) is 0. The van der Waals surface area contributed by atoms with Crippen molar-refractivity contribution in [2.45, 2.75) is 0 Å². The van der Waals surface area contributed by atoms with E-state index in [-0.39, 0.29) is 0 Å². The molecule has 0 aliphatic carbocycles. The fourth-order valence-corrected chi connectivity index (χ4v) is 11.4. The molecule has 0 saturated heterocycles. The fourth-order valence-electron chi connectivity index (χ4n) is 11.4. The molecule has 4 nitrogen and oxygen atoms in total. The van der Waals surface area contributed by atoms with Crippen molar-refractivity contribution in [3.63, 3.8) is 0 Å². The lowest BCUT2D eigenvalue weighted by atomic mass is 9.97. The molecule has 0 saturated carbocycles. The molecular formula is C66H40N2O2. The van der Waals surface area contributed by atoms with Gasteiger partial charge in [0.1, 0.15) is 22.3 Å². The zero-order valence-corrected chi connectivity index (χ0v) is 37.8. The maximum atomic E-state index is 6.98. The van der Waals surface area contributed by atoms with E-state index in [2.05, 4.69) is 252 Å². The summed E-state index contributed by atoms with van der Waals surface area (Å²) < 4.78 is 14.0. The van der Waals surface area contributed by atoms with E-state index >= 15 is 0 Å². The summed E-state index contributed by atoms with van der Waals surface area (Å²) in [7, 11) is 0. The van der Waals surface area contributed by atoms with E-state index in [0.29, 0.717) is 0 Å². The molecule has 0 aliphatic heterocycles. The first-order valence-electron chi connectivity index (χ1n) is 23.9. The molecule has 2 aromatic heterocycles. The van der Waals surface area contributed by atoms with Crippen LogP contribution >= 0.6 is 0 Å². The number of para-hydroxylation sites is 2. The van der Waals surface area contributed by atoms with Gasteiger partial charge in [-0.3, -0.25) is 0 Å². The number of hydrogen-bond donors (Lipinski definition) is 0. The quantitative estimate of drug-likeness (QED) is 0.156. The highest BCUT2D eigenvalue weighted by Crippen LogP contribution is 2.49. The second-order valence-corrected chi connectivity index (χ2v) is 18.4. The molecule has 0 radical (unpaired) electrons. The van der Waals surface area contributed by atoms with Crippen LogP contribution in [0, 0.1) is 0 Å². The Kier molecular flexibility index (Phi) is 8.33. The summed E-state index contributed by atoms with van der Waals surface area (Å²) in [5.41, 5.74) is 9.59. The van der Waals surface area contributed by atoms with Crippen molar-refractivity contribution in [2.75, 3.05) is 9.80 Å². The third-order valence-electron chi connectivity index (χ3n) is 14.5. The molecule has 0 N–H and O–H groups in total. The third-order valence-corrected chi connectivity index (χ3v) is 14.5. The molecule has 70 heavy (non-hydrogen) atoms. The van der Waals surface area contributed by atoms with Crippen molar-refractivity contribution in [1.29, 1.82) is 0 Å². The minimum Gasteiger partial charge on any atom is -0.456 e. The van der Waals surface area contributed by atoms with Gasteiger partial charge in [-0.05, 0) is 108 Å². The highest BCUT2D eigenvalue weighted by atomic mass is 16.3. The van der Waals surface area contributed by atoms with Crippen LogP contribution in [0.25, 0.3) is 109 Å². The zero-order chi connectivity index (χ0) is 45.9. The van der Waals surface area contributed by atoms with Gasteiger partial charge in [0.2, 0.25) is 0 Å². The molecular weight excluding hydrogens is 853 g/mol. The van der Waals surface area contributed by atoms with Gasteiger partial charge in [0.05, 0.1) is 11.4 Å². The second kappa shape index (κ2) is 15.1. The number of rotatable bonds is 6. The maximum Gasteiger partial charge on any atom is 0.139 e. The zero-order valence-electron chi connectivity index (χ0n) is 37.8. The summed E-state index contributed by atoms with van der Waals surface area (Å²) in [4.78, 5) is 4.73. The minimum absolute atomic E-state index is 0.784. The van der Waals surface area contributed by atoms with Gasteiger partial charge < -0.3 is 18.6 Å². The van der Waals surface area contributed by atoms with Crippen molar-refractivity contribution in [3.05, 3.63) is 243 Å². The number of nitrogens with zero attached hydrogens (tertiary/aromatic N) is 2. The second-order valence-electron chi connectivity index (χ2n) is 18.4. The lowest BCUT2D eigenvalue weighted by molar-refractivity contribution is 0.656. The molecule has 0 bridgehead atoms. The van der Waals surface area contributed by atoms with E-state index in [4.69, 9.17) is 8.83 Å². The summed E-state index contributed by atoms with van der Waals surface area (Å²) in [5.74, 6) is 0. The lowest BCUT2D eigenvalue weighted by Gasteiger charge is -2.27. The average molecular weight is 893 g/mol. The highest BCUT2D eigenvalue weighted by molar-refractivity contribution is 6.28. The number of anilines is 6. The number of hydrogen-bond acceptors (Lipinski definition) is 4. The van der Waals surface area contributed by atoms with Crippen molar-refractivity contribution < 1.29 is 8.83 Å². The number of fused-ring (bicyclic) bond motifs is 16. The van der Waals surface area contributed by atoms with Gasteiger partial charge in [0.25, 0.3) is 0 Å². The third kappa shape index (κ3) is 5.84. The normalized spacial score (nSPS) is 12.0. The number of furan rings is 2. The first-order valence-corrected chi connectivity index (χ1v) is 23.9. The Morgan fingerprint density at radius 3 is 1.04 bits per heavy atom. The summed E-state index contributed by atoms with van der Waals surface area (Å²) in [6, 6.07) is 87.4. The van der Waals surface area contributed by atoms with E-state index in [1.807, 2.05) is 0 Å². The van der Waals surface area contributed by atoms with Crippen molar-refractivity contribution >= 4 is 143 Å². The van der Waals surface area contributed by atoms with Crippen LogP contribution in [-0.2, 0) is 0 Å². The summed E-state index contributed by atoms with van der Waals surface area (Å²) >= 11 is 0. The topological polar surface area (TPSA) is 32.8 Å². The summed E-state index contributed by atoms with van der Waals surface area (Å²) in [5, 5.41) is 18.6. The van der Waals surface area contributed by atoms with Crippen LogP contribution < -0.4 is 9.80 Å². The summed E-state index contributed by atoms with van der Waals surface area (Å²) in [6.45, 7) is 0. The molecule has 0 aliphatic rings. The lowest BCUT2D eigenvalue weighted by Crippen LogP contribution is -2.10. The average Bonchev–Trinajstić information content (AvgIpc) is 3.97. The van der Waals surface area contributed by atoms with Gasteiger partial charge in [-0.1, -0.05) is 170 Å².